The minimum absolute atomic E-state index is 0.277. The number of hydrogen-bond acceptors (Lipinski definition) is 3. The van der Waals surface area contributed by atoms with Crippen molar-refractivity contribution in [2.24, 2.45) is 5.73 Å². The van der Waals surface area contributed by atoms with Gasteiger partial charge in [0.05, 0.1) is 0 Å². The Bertz CT molecular complexity index is 175. The van der Waals surface area contributed by atoms with Crippen LogP contribution in [0.2, 0.25) is 0 Å². The lowest BCUT2D eigenvalue weighted by Crippen LogP contribution is -2.28. The van der Waals surface area contributed by atoms with Gasteiger partial charge in [0.15, 0.2) is 0 Å². The van der Waals surface area contributed by atoms with E-state index < -0.39 is 0 Å². The summed E-state index contributed by atoms with van der Waals surface area (Å²) in [7, 11) is 0. The molecule has 1 amide bonds. The number of nitrogens with two attached hydrogens (primary N) is 1. The average Bonchev–Trinajstić information content (AvgIpc) is 2.45. The SMILES string of the molecule is CC(C)N.CCSC(=O)N1CCCCCC1. The van der Waals surface area contributed by atoms with Gasteiger partial charge in [0.1, 0.15) is 0 Å². The van der Waals surface area contributed by atoms with E-state index in [9.17, 15) is 4.79 Å². The fourth-order valence-corrected chi connectivity index (χ4v) is 2.08. The van der Waals surface area contributed by atoms with Crippen LogP contribution in [-0.2, 0) is 0 Å². The molecule has 2 N–H and O–H groups in total. The molecule has 4 heteroatoms. The van der Waals surface area contributed by atoms with E-state index in [1.165, 1.54) is 37.4 Å². The molecule has 1 aliphatic heterocycles. The standard InChI is InChI=1S/C9H17NOS.C3H9N/c1-2-12-9(11)10-7-5-3-4-6-8-10;1-3(2)4/h2-8H2,1H3;3H,4H2,1-2H3. The smallest absolute Gasteiger partial charge is 0.281 e. The molecule has 0 atom stereocenters. The Balaban J connectivity index is 0.000000487. The molecule has 0 aliphatic carbocycles. The van der Waals surface area contributed by atoms with Crippen LogP contribution in [0.15, 0.2) is 0 Å². The number of hydrogen-bond donors (Lipinski definition) is 1. The van der Waals surface area contributed by atoms with Crippen molar-refractivity contribution >= 4 is 17.0 Å². The Morgan fingerprint density at radius 2 is 1.69 bits per heavy atom. The van der Waals surface area contributed by atoms with Gasteiger partial charge in [-0.15, -0.1) is 0 Å². The molecule has 1 rings (SSSR count). The van der Waals surface area contributed by atoms with Gasteiger partial charge in [0, 0.05) is 13.1 Å². The van der Waals surface area contributed by atoms with Crippen LogP contribution >= 0.6 is 11.8 Å². The van der Waals surface area contributed by atoms with E-state index in [-0.39, 0.29) is 5.24 Å². The van der Waals surface area contributed by atoms with E-state index in [4.69, 9.17) is 5.73 Å². The second-order valence-corrected chi connectivity index (χ2v) is 5.56. The number of amides is 1. The first-order valence-corrected chi connectivity index (χ1v) is 7.23. The van der Waals surface area contributed by atoms with Crippen molar-refractivity contribution in [1.82, 2.24) is 4.90 Å². The number of carbonyl (C=O) groups excluding carboxylic acids is 1. The molecule has 0 unspecified atom stereocenters. The lowest BCUT2D eigenvalue weighted by molar-refractivity contribution is 0.225. The van der Waals surface area contributed by atoms with Gasteiger partial charge in [-0.1, -0.05) is 45.4 Å². The zero-order valence-electron chi connectivity index (χ0n) is 10.9. The van der Waals surface area contributed by atoms with Crippen LogP contribution in [-0.4, -0.2) is 35.0 Å². The first kappa shape index (κ1) is 15.8. The number of rotatable bonds is 1. The third kappa shape index (κ3) is 9.04. The van der Waals surface area contributed by atoms with Crippen molar-refractivity contribution in [3.8, 4) is 0 Å². The zero-order chi connectivity index (χ0) is 12.4. The van der Waals surface area contributed by atoms with Crippen molar-refractivity contribution in [2.45, 2.75) is 52.5 Å². The molecule has 3 nitrogen and oxygen atoms in total. The Hall–Kier alpha value is -0.220. The highest BCUT2D eigenvalue weighted by Crippen LogP contribution is 2.15. The van der Waals surface area contributed by atoms with Crippen molar-refractivity contribution in [3.63, 3.8) is 0 Å². The molecular weight excluding hydrogens is 220 g/mol. The highest BCUT2D eigenvalue weighted by atomic mass is 32.2. The average molecular weight is 246 g/mol. The molecule has 96 valence electrons. The Kier molecular flexibility index (Phi) is 9.83. The molecule has 0 aromatic carbocycles. The lowest BCUT2D eigenvalue weighted by atomic mass is 10.2. The second kappa shape index (κ2) is 9.97. The van der Waals surface area contributed by atoms with Crippen LogP contribution in [0.3, 0.4) is 0 Å². The fraction of sp³-hybridized carbons (Fsp3) is 0.917. The van der Waals surface area contributed by atoms with E-state index in [2.05, 4.69) is 0 Å². The van der Waals surface area contributed by atoms with Crippen LogP contribution in [0.5, 0.6) is 0 Å². The summed E-state index contributed by atoms with van der Waals surface area (Å²) in [4.78, 5) is 13.4. The lowest BCUT2D eigenvalue weighted by Gasteiger charge is -2.18. The maximum absolute atomic E-state index is 11.4. The number of nitrogens with zero attached hydrogens (tertiary/aromatic N) is 1. The molecule has 16 heavy (non-hydrogen) atoms. The normalized spacial score (nSPS) is 16.4. The van der Waals surface area contributed by atoms with Crippen molar-refractivity contribution in [2.75, 3.05) is 18.8 Å². The van der Waals surface area contributed by atoms with Gasteiger partial charge in [-0.25, -0.2) is 0 Å². The highest BCUT2D eigenvalue weighted by Gasteiger charge is 2.14. The van der Waals surface area contributed by atoms with E-state index in [0.717, 1.165) is 18.8 Å². The van der Waals surface area contributed by atoms with Gasteiger partial charge in [0.25, 0.3) is 5.24 Å². The first-order valence-electron chi connectivity index (χ1n) is 6.25. The summed E-state index contributed by atoms with van der Waals surface area (Å²) in [5.41, 5.74) is 5.11. The maximum Gasteiger partial charge on any atom is 0.281 e. The largest absolute Gasteiger partial charge is 0.334 e. The quantitative estimate of drug-likeness (QED) is 0.773. The molecular formula is C12H26N2OS. The maximum atomic E-state index is 11.4. The number of thioether (sulfide) groups is 1. The highest BCUT2D eigenvalue weighted by molar-refractivity contribution is 8.13. The van der Waals surface area contributed by atoms with E-state index >= 15 is 0 Å². The minimum atomic E-state index is 0.277. The third-order valence-corrected chi connectivity index (χ3v) is 2.93. The van der Waals surface area contributed by atoms with Crippen LogP contribution in [0.4, 0.5) is 4.79 Å². The summed E-state index contributed by atoms with van der Waals surface area (Å²) in [6.45, 7) is 7.87. The molecule has 0 radical (unpaired) electrons. The molecule has 0 bridgehead atoms. The summed E-state index contributed by atoms with van der Waals surface area (Å²) < 4.78 is 0. The summed E-state index contributed by atoms with van der Waals surface area (Å²) in [5, 5.41) is 0.277. The van der Waals surface area contributed by atoms with E-state index in [0.29, 0.717) is 6.04 Å². The second-order valence-electron chi connectivity index (χ2n) is 4.34. The zero-order valence-corrected chi connectivity index (χ0v) is 11.7. The van der Waals surface area contributed by atoms with Gasteiger partial charge in [-0.2, -0.15) is 0 Å². The van der Waals surface area contributed by atoms with Crippen molar-refractivity contribution in [3.05, 3.63) is 0 Å². The van der Waals surface area contributed by atoms with Gasteiger partial charge >= 0.3 is 0 Å². The Labute approximate surface area is 104 Å². The van der Waals surface area contributed by atoms with Crippen LogP contribution in [0, 0.1) is 0 Å². The summed E-state index contributed by atoms with van der Waals surface area (Å²) in [6.07, 6.45) is 4.97. The van der Waals surface area contributed by atoms with Crippen molar-refractivity contribution in [1.29, 1.82) is 0 Å². The number of carbonyl (C=O) groups is 1. The summed E-state index contributed by atoms with van der Waals surface area (Å²) >= 11 is 1.43. The van der Waals surface area contributed by atoms with Gasteiger partial charge in [0.2, 0.25) is 0 Å². The fourth-order valence-electron chi connectivity index (χ4n) is 1.47. The Morgan fingerprint density at radius 1 is 1.25 bits per heavy atom. The predicted octanol–water partition coefficient (Wildman–Crippen LogP) is 3.09. The molecule has 1 heterocycles. The molecule has 0 aromatic rings. The predicted molar refractivity (Wildman–Crippen MR) is 72.9 cm³/mol. The summed E-state index contributed by atoms with van der Waals surface area (Å²) in [6, 6.07) is 0.333. The van der Waals surface area contributed by atoms with Crippen LogP contribution < -0.4 is 5.73 Å². The topological polar surface area (TPSA) is 46.3 Å². The van der Waals surface area contributed by atoms with Gasteiger partial charge in [-0.3, -0.25) is 4.79 Å². The molecule has 0 spiro atoms. The Morgan fingerprint density at radius 3 is 2.06 bits per heavy atom. The molecule has 1 saturated heterocycles. The van der Waals surface area contributed by atoms with Gasteiger partial charge < -0.3 is 10.6 Å². The first-order chi connectivity index (χ1) is 7.57. The molecule has 0 aromatic heterocycles. The summed E-state index contributed by atoms with van der Waals surface area (Å²) in [5.74, 6) is 0.898. The minimum Gasteiger partial charge on any atom is -0.334 e. The third-order valence-electron chi connectivity index (χ3n) is 2.13. The number of likely N-dealkylation sites (tertiary alicyclic amines) is 1. The van der Waals surface area contributed by atoms with Gasteiger partial charge in [-0.05, 0) is 24.6 Å². The molecule has 0 saturated carbocycles. The molecule has 1 fully saturated rings. The van der Waals surface area contributed by atoms with Crippen molar-refractivity contribution < 1.29 is 4.79 Å². The molecule has 1 aliphatic rings. The van der Waals surface area contributed by atoms with E-state index in [1.54, 1.807) is 0 Å². The van der Waals surface area contributed by atoms with Crippen LogP contribution in [0.25, 0.3) is 0 Å². The van der Waals surface area contributed by atoms with Crippen LogP contribution in [0.1, 0.15) is 46.5 Å². The monoisotopic (exact) mass is 246 g/mol. The van der Waals surface area contributed by atoms with E-state index in [1.807, 2.05) is 25.7 Å².